The van der Waals surface area contributed by atoms with E-state index in [1.807, 2.05) is 13.0 Å². The highest BCUT2D eigenvalue weighted by Crippen LogP contribution is 2.34. The maximum Gasteiger partial charge on any atom is 0.233 e. The van der Waals surface area contributed by atoms with Crippen molar-refractivity contribution in [1.82, 2.24) is 4.98 Å². The van der Waals surface area contributed by atoms with Crippen molar-refractivity contribution < 1.29 is 4.79 Å². The van der Waals surface area contributed by atoms with Gasteiger partial charge in [0.05, 0.1) is 5.92 Å². The van der Waals surface area contributed by atoms with Gasteiger partial charge in [0.15, 0.2) is 0 Å². The fourth-order valence-corrected chi connectivity index (χ4v) is 1.92. The van der Waals surface area contributed by atoms with Crippen molar-refractivity contribution in [2.45, 2.75) is 19.3 Å². The molecule has 0 saturated heterocycles. The molecule has 0 bridgehead atoms. The monoisotopic (exact) mass is 240 g/mol. The third kappa shape index (κ3) is 1.35. The van der Waals surface area contributed by atoms with E-state index in [0.717, 1.165) is 16.5 Å². The molecular formula is C9H9BrN2O. The smallest absolute Gasteiger partial charge is 0.233 e. The number of nitrogens with zero attached hydrogens (tertiary/aromatic N) is 1. The van der Waals surface area contributed by atoms with Crippen molar-refractivity contribution in [2.75, 3.05) is 5.32 Å². The second kappa shape index (κ2) is 3.10. The maximum absolute atomic E-state index is 11.4. The van der Waals surface area contributed by atoms with Crippen LogP contribution >= 0.6 is 15.9 Å². The summed E-state index contributed by atoms with van der Waals surface area (Å²) in [5, 5.41) is 2.75. The van der Waals surface area contributed by atoms with Crippen LogP contribution in [0.25, 0.3) is 0 Å². The lowest BCUT2D eigenvalue weighted by Crippen LogP contribution is -2.10. The van der Waals surface area contributed by atoms with E-state index in [1.54, 1.807) is 6.20 Å². The van der Waals surface area contributed by atoms with E-state index in [1.165, 1.54) is 0 Å². The highest BCUT2D eigenvalue weighted by Gasteiger charge is 2.29. The number of hydrogen-bond acceptors (Lipinski definition) is 2. The highest BCUT2D eigenvalue weighted by molar-refractivity contribution is 9.10. The molecule has 1 aromatic rings. The van der Waals surface area contributed by atoms with Gasteiger partial charge in [-0.05, 0) is 28.4 Å². The average molecular weight is 241 g/mol. The summed E-state index contributed by atoms with van der Waals surface area (Å²) in [5.74, 6) is 0.739. The molecule has 68 valence electrons. The first-order chi connectivity index (χ1) is 6.22. The molecule has 3 nitrogen and oxygen atoms in total. The van der Waals surface area contributed by atoms with Gasteiger partial charge in [-0.1, -0.05) is 6.92 Å². The number of anilines is 1. The molecule has 0 spiro atoms. The number of aromatic nitrogens is 1. The van der Waals surface area contributed by atoms with E-state index < -0.39 is 0 Å². The number of fused-ring (bicyclic) bond motifs is 1. The van der Waals surface area contributed by atoms with Gasteiger partial charge in [-0.3, -0.25) is 4.79 Å². The van der Waals surface area contributed by atoms with Gasteiger partial charge >= 0.3 is 0 Å². The largest absolute Gasteiger partial charge is 0.310 e. The summed E-state index contributed by atoms with van der Waals surface area (Å²) in [5.41, 5.74) is 1.00. The zero-order chi connectivity index (χ0) is 9.42. The first kappa shape index (κ1) is 8.69. The molecule has 1 amide bonds. The van der Waals surface area contributed by atoms with Crippen LogP contribution in [-0.4, -0.2) is 10.9 Å². The fraction of sp³-hybridized carbons (Fsp3) is 0.333. The van der Waals surface area contributed by atoms with Crippen LogP contribution in [0.5, 0.6) is 0 Å². The van der Waals surface area contributed by atoms with Crippen LogP contribution in [-0.2, 0) is 4.79 Å². The number of carbonyl (C=O) groups is 1. The number of rotatable bonds is 1. The minimum absolute atomic E-state index is 0.0278. The lowest BCUT2D eigenvalue weighted by Gasteiger charge is -2.03. The zero-order valence-electron chi connectivity index (χ0n) is 7.17. The Morgan fingerprint density at radius 2 is 2.46 bits per heavy atom. The van der Waals surface area contributed by atoms with Gasteiger partial charge < -0.3 is 5.32 Å². The maximum atomic E-state index is 11.4. The molecule has 0 saturated carbocycles. The number of amides is 1. The number of nitrogens with one attached hydrogen (secondary N) is 1. The Balaban J connectivity index is 2.50. The van der Waals surface area contributed by atoms with Crippen molar-refractivity contribution in [1.29, 1.82) is 0 Å². The molecule has 1 N–H and O–H groups in total. The van der Waals surface area contributed by atoms with E-state index >= 15 is 0 Å². The number of halogens is 1. The Bertz CT molecular complexity index is 365. The summed E-state index contributed by atoms with van der Waals surface area (Å²) in [6, 6.07) is 1.95. The molecule has 0 unspecified atom stereocenters. The van der Waals surface area contributed by atoms with Gasteiger partial charge in [0.1, 0.15) is 5.82 Å². The number of pyridine rings is 1. The predicted octanol–water partition coefficient (Wildman–Crippen LogP) is 2.29. The van der Waals surface area contributed by atoms with Crippen LogP contribution in [0, 0.1) is 0 Å². The second-order valence-corrected chi connectivity index (χ2v) is 3.96. The number of hydrogen-bond donors (Lipinski definition) is 1. The lowest BCUT2D eigenvalue weighted by atomic mass is 10.0. The molecule has 0 aromatic carbocycles. The summed E-state index contributed by atoms with van der Waals surface area (Å²) in [7, 11) is 0. The SMILES string of the molecule is CC[C@H]1C(=O)Nc2ncc(Br)cc21. The van der Waals surface area contributed by atoms with Crippen molar-refractivity contribution in [3.05, 3.63) is 22.3 Å². The Morgan fingerprint density at radius 1 is 1.69 bits per heavy atom. The van der Waals surface area contributed by atoms with Crippen LogP contribution in [0.3, 0.4) is 0 Å². The van der Waals surface area contributed by atoms with Crippen LogP contribution in [0.2, 0.25) is 0 Å². The van der Waals surface area contributed by atoms with Crippen LogP contribution < -0.4 is 5.32 Å². The zero-order valence-corrected chi connectivity index (χ0v) is 8.76. The summed E-state index contributed by atoms with van der Waals surface area (Å²) in [4.78, 5) is 15.5. The molecule has 1 aliphatic heterocycles. The number of carbonyl (C=O) groups excluding carboxylic acids is 1. The topological polar surface area (TPSA) is 42.0 Å². The first-order valence-corrected chi connectivity index (χ1v) is 4.98. The van der Waals surface area contributed by atoms with E-state index in [4.69, 9.17) is 0 Å². The molecule has 4 heteroatoms. The Kier molecular flexibility index (Phi) is 2.07. The molecule has 13 heavy (non-hydrogen) atoms. The normalized spacial score (nSPS) is 19.8. The van der Waals surface area contributed by atoms with Crippen molar-refractivity contribution in [2.24, 2.45) is 0 Å². The molecule has 1 aliphatic rings. The Hall–Kier alpha value is -0.900. The minimum atomic E-state index is -0.0278. The molecule has 2 rings (SSSR count). The van der Waals surface area contributed by atoms with Gasteiger partial charge in [0.25, 0.3) is 0 Å². The lowest BCUT2D eigenvalue weighted by molar-refractivity contribution is -0.117. The quantitative estimate of drug-likeness (QED) is 0.819. The molecule has 1 atom stereocenters. The molecular weight excluding hydrogens is 232 g/mol. The molecule has 1 aromatic heterocycles. The molecule has 0 fully saturated rings. The average Bonchev–Trinajstić information content (AvgIpc) is 2.40. The summed E-state index contributed by atoms with van der Waals surface area (Å²) in [6.45, 7) is 2.00. The minimum Gasteiger partial charge on any atom is -0.310 e. The first-order valence-electron chi connectivity index (χ1n) is 4.18. The van der Waals surface area contributed by atoms with E-state index in [0.29, 0.717) is 5.82 Å². The standard InChI is InChI=1S/C9H9BrN2O/c1-2-6-7-3-5(10)4-11-8(7)12-9(6)13/h3-4,6H,2H2,1H3,(H,11,12,13)/t6-/m1/s1. The van der Waals surface area contributed by atoms with Crippen molar-refractivity contribution in [3.63, 3.8) is 0 Å². The van der Waals surface area contributed by atoms with Gasteiger partial charge in [0.2, 0.25) is 5.91 Å². The molecule has 2 heterocycles. The Morgan fingerprint density at radius 3 is 3.15 bits per heavy atom. The fourth-order valence-electron chi connectivity index (χ4n) is 1.58. The second-order valence-electron chi connectivity index (χ2n) is 3.04. The van der Waals surface area contributed by atoms with Gasteiger partial charge in [0, 0.05) is 16.2 Å². The third-order valence-electron chi connectivity index (χ3n) is 2.23. The molecule has 0 radical (unpaired) electrons. The Labute approximate surface area is 84.7 Å². The summed E-state index contributed by atoms with van der Waals surface area (Å²) >= 11 is 3.34. The van der Waals surface area contributed by atoms with E-state index in [9.17, 15) is 4.79 Å². The highest BCUT2D eigenvalue weighted by atomic mass is 79.9. The third-order valence-corrected chi connectivity index (χ3v) is 2.66. The van der Waals surface area contributed by atoms with Gasteiger partial charge in [-0.25, -0.2) is 4.98 Å². The summed E-state index contributed by atoms with van der Waals surface area (Å²) in [6.07, 6.45) is 2.51. The van der Waals surface area contributed by atoms with Crippen molar-refractivity contribution >= 4 is 27.7 Å². The summed E-state index contributed by atoms with van der Waals surface area (Å²) < 4.78 is 0.918. The van der Waals surface area contributed by atoms with Crippen LogP contribution in [0.15, 0.2) is 16.7 Å². The van der Waals surface area contributed by atoms with Crippen molar-refractivity contribution in [3.8, 4) is 0 Å². The van der Waals surface area contributed by atoms with Crippen LogP contribution in [0.4, 0.5) is 5.82 Å². The van der Waals surface area contributed by atoms with E-state index in [2.05, 4.69) is 26.2 Å². The van der Waals surface area contributed by atoms with E-state index in [-0.39, 0.29) is 11.8 Å². The molecule has 0 aliphatic carbocycles. The van der Waals surface area contributed by atoms with Gasteiger partial charge in [-0.2, -0.15) is 0 Å². The predicted molar refractivity (Wildman–Crippen MR) is 53.6 cm³/mol. The van der Waals surface area contributed by atoms with Crippen LogP contribution in [0.1, 0.15) is 24.8 Å². The van der Waals surface area contributed by atoms with Gasteiger partial charge in [-0.15, -0.1) is 0 Å².